The van der Waals surface area contributed by atoms with Crippen LogP contribution < -0.4 is 5.73 Å². The molecule has 0 spiro atoms. The van der Waals surface area contributed by atoms with Gasteiger partial charge < -0.3 is 5.73 Å². The lowest BCUT2D eigenvalue weighted by molar-refractivity contribution is -0.125. The van der Waals surface area contributed by atoms with Gasteiger partial charge in [-0.2, -0.15) is 0 Å². The molecule has 1 aromatic heterocycles. The lowest BCUT2D eigenvalue weighted by Gasteiger charge is -2.44. The summed E-state index contributed by atoms with van der Waals surface area (Å²) in [4.78, 5) is 0. The van der Waals surface area contributed by atoms with E-state index in [-0.39, 0.29) is 10.3 Å². The van der Waals surface area contributed by atoms with Crippen LogP contribution in [-0.4, -0.2) is 16.1 Å². The number of halogens is 4. The Morgan fingerprint density at radius 2 is 1.87 bits per heavy atom. The molecular formula is C8H7Cl2F2N3. The van der Waals surface area contributed by atoms with Gasteiger partial charge in [-0.25, -0.2) is 8.78 Å². The third-order valence-electron chi connectivity index (χ3n) is 2.40. The Morgan fingerprint density at radius 1 is 1.27 bits per heavy atom. The van der Waals surface area contributed by atoms with Crippen LogP contribution in [0, 0.1) is 0 Å². The molecule has 0 atom stereocenters. The molecule has 3 nitrogen and oxygen atoms in total. The fourth-order valence-corrected chi connectivity index (χ4v) is 2.19. The second-order valence-electron chi connectivity index (χ2n) is 3.74. The Bertz CT molecular complexity index is 403. The molecule has 1 aromatic rings. The molecule has 1 saturated carbocycles. The predicted octanol–water partition coefficient (Wildman–Crippen LogP) is 2.37. The molecule has 0 amide bonds. The van der Waals surface area contributed by atoms with Gasteiger partial charge in [0.2, 0.25) is 0 Å². The highest BCUT2D eigenvalue weighted by Gasteiger charge is 2.56. The van der Waals surface area contributed by atoms with Crippen LogP contribution in [0.3, 0.4) is 0 Å². The van der Waals surface area contributed by atoms with Crippen molar-refractivity contribution in [3.8, 4) is 0 Å². The van der Waals surface area contributed by atoms with E-state index >= 15 is 0 Å². The third kappa shape index (κ3) is 1.91. The van der Waals surface area contributed by atoms with Gasteiger partial charge in [-0.05, 0) is 6.07 Å². The van der Waals surface area contributed by atoms with Crippen LogP contribution in [0.2, 0.25) is 10.3 Å². The number of nitrogens with zero attached hydrogens (tertiary/aromatic N) is 2. The number of aromatic nitrogens is 2. The van der Waals surface area contributed by atoms with Gasteiger partial charge in [0.05, 0.1) is 5.54 Å². The van der Waals surface area contributed by atoms with Crippen LogP contribution in [0.4, 0.5) is 8.78 Å². The number of hydrogen-bond donors (Lipinski definition) is 1. The fourth-order valence-electron chi connectivity index (χ4n) is 1.76. The average molecular weight is 254 g/mol. The molecule has 2 N–H and O–H groups in total. The molecule has 0 bridgehead atoms. The predicted molar refractivity (Wildman–Crippen MR) is 52.1 cm³/mol. The molecule has 1 fully saturated rings. The quantitative estimate of drug-likeness (QED) is 0.836. The topological polar surface area (TPSA) is 51.8 Å². The monoisotopic (exact) mass is 253 g/mol. The molecule has 1 heterocycles. The summed E-state index contributed by atoms with van der Waals surface area (Å²) < 4.78 is 25.5. The van der Waals surface area contributed by atoms with E-state index in [1.54, 1.807) is 0 Å². The van der Waals surface area contributed by atoms with Gasteiger partial charge in [0.25, 0.3) is 5.92 Å². The molecule has 0 aromatic carbocycles. The molecule has 1 aliphatic rings. The minimum Gasteiger partial charge on any atom is -0.321 e. The largest absolute Gasteiger partial charge is 0.321 e. The van der Waals surface area contributed by atoms with E-state index in [2.05, 4.69) is 10.2 Å². The molecule has 2 rings (SSSR count). The van der Waals surface area contributed by atoms with E-state index in [1.165, 1.54) is 6.07 Å². The molecule has 1 aliphatic carbocycles. The summed E-state index contributed by atoms with van der Waals surface area (Å²) in [6, 6.07) is 1.38. The van der Waals surface area contributed by atoms with Gasteiger partial charge in [-0.3, -0.25) is 0 Å². The Morgan fingerprint density at radius 3 is 2.40 bits per heavy atom. The highest BCUT2D eigenvalue weighted by Crippen LogP contribution is 2.51. The summed E-state index contributed by atoms with van der Waals surface area (Å²) in [6.07, 6.45) is -0.885. The summed E-state index contributed by atoms with van der Waals surface area (Å²) in [7, 11) is 0. The first-order valence-electron chi connectivity index (χ1n) is 4.18. The Hall–Kier alpha value is -0.520. The number of alkyl halides is 2. The van der Waals surface area contributed by atoms with Gasteiger partial charge in [-0.15, -0.1) is 10.2 Å². The standard InChI is InChI=1S/C8H7Cl2F2N3/c9-5-1-4(6(10)15-14-5)7(13)2-8(11,12)3-7/h1H,2-3,13H2. The van der Waals surface area contributed by atoms with E-state index in [4.69, 9.17) is 28.9 Å². The van der Waals surface area contributed by atoms with Crippen LogP contribution in [0.1, 0.15) is 18.4 Å². The maximum absolute atomic E-state index is 12.8. The smallest absolute Gasteiger partial charge is 0.252 e. The second-order valence-corrected chi connectivity index (χ2v) is 4.48. The van der Waals surface area contributed by atoms with Crippen molar-refractivity contribution in [3.05, 3.63) is 21.9 Å². The van der Waals surface area contributed by atoms with E-state index < -0.39 is 24.3 Å². The number of rotatable bonds is 1. The molecule has 15 heavy (non-hydrogen) atoms. The number of hydrogen-bond acceptors (Lipinski definition) is 3. The second kappa shape index (κ2) is 3.23. The van der Waals surface area contributed by atoms with Crippen molar-refractivity contribution in [1.29, 1.82) is 0 Å². The lowest BCUT2D eigenvalue weighted by atomic mass is 9.70. The maximum atomic E-state index is 12.8. The molecule has 0 radical (unpaired) electrons. The fraction of sp³-hybridized carbons (Fsp3) is 0.500. The Kier molecular flexibility index (Phi) is 2.37. The van der Waals surface area contributed by atoms with Crippen molar-refractivity contribution in [2.24, 2.45) is 5.73 Å². The highest BCUT2D eigenvalue weighted by atomic mass is 35.5. The summed E-state index contributed by atoms with van der Waals surface area (Å²) in [5, 5.41) is 7.14. The van der Waals surface area contributed by atoms with Gasteiger partial charge in [0, 0.05) is 18.4 Å². The van der Waals surface area contributed by atoms with Crippen molar-refractivity contribution in [2.45, 2.75) is 24.3 Å². The van der Waals surface area contributed by atoms with Crippen LogP contribution in [-0.2, 0) is 5.54 Å². The SMILES string of the molecule is NC1(c2cc(Cl)nnc2Cl)CC(F)(F)C1. The lowest BCUT2D eigenvalue weighted by Crippen LogP contribution is -2.55. The van der Waals surface area contributed by atoms with E-state index in [0.29, 0.717) is 5.56 Å². The average Bonchev–Trinajstić information content (AvgIpc) is 2.05. The summed E-state index contributed by atoms with van der Waals surface area (Å²) in [5.41, 5.74) is 4.97. The summed E-state index contributed by atoms with van der Waals surface area (Å²) >= 11 is 11.3. The zero-order valence-corrected chi connectivity index (χ0v) is 8.99. The maximum Gasteiger partial charge on any atom is 0.252 e. The zero-order valence-electron chi connectivity index (χ0n) is 7.48. The van der Waals surface area contributed by atoms with Crippen molar-refractivity contribution in [1.82, 2.24) is 10.2 Å². The van der Waals surface area contributed by atoms with E-state index in [1.807, 2.05) is 0 Å². The van der Waals surface area contributed by atoms with Gasteiger partial charge in [0.15, 0.2) is 10.3 Å². The van der Waals surface area contributed by atoms with E-state index in [0.717, 1.165) is 0 Å². The molecular weight excluding hydrogens is 247 g/mol. The minimum absolute atomic E-state index is 0.0254. The zero-order chi connectivity index (χ0) is 11.3. The van der Waals surface area contributed by atoms with Crippen LogP contribution in [0.5, 0.6) is 0 Å². The van der Waals surface area contributed by atoms with Gasteiger partial charge >= 0.3 is 0 Å². The van der Waals surface area contributed by atoms with Crippen LogP contribution >= 0.6 is 23.2 Å². The molecule has 0 unspecified atom stereocenters. The van der Waals surface area contributed by atoms with Gasteiger partial charge in [0.1, 0.15) is 0 Å². The normalized spacial score (nSPS) is 22.2. The minimum atomic E-state index is -2.73. The molecule has 82 valence electrons. The molecule has 0 aliphatic heterocycles. The van der Waals surface area contributed by atoms with Crippen LogP contribution in [0.15, 0.2) is 6.07 Å². The summed E-state index contributed by atoms with van der Waals surface area (Å²) in [6.45, 7) is 0. The first-order chi connectivity index (χ1) is 6.82. The van der Waals surface area contributed by atoms with E-state index in [9.17, 15) is 8.78 Å². The van der Waals surface area contributed by atoms with Crippen molar-refractivity contribution in [2.75, 3.05) is 0 Å². The van der Waals surface area contributed by atoms with Crippen molar-refractivity contribution < 1.29 is 8.78 Å². The third-order valence-corrected chi connectivity index (χ3v) is 2.87. The van der Waals surface area contributed by atoms with Crippen molar-refractivity contribution >= 4 is 23.2 Å². The van der Waals surface area contributed by atoms with Crippen LogP contribution in [0.25, 0.3) is 0 Å². The Balaban J connectivity index is 2.35. The van der Waals surface area contributed by atoms with Gasteiger partial charge in [-0.1, -0.05) is 23.2 Å². The molecule has 7 heteroatoms. The first kappa shape index (κ1) is 11.0. The summed E-state index contributed by atoms with van der Waals surface area (Å²) in [5.74, 6) is -2.73. The van der Waals surface area contributed by atoms with Crippen molar-refractivity contribution in [3.63, 3.8) is 0 Å². The first-order valence-corrected chi connectivity index (χ1v) is 4.94. The highest BCUT2D eigenvalue weighted by molar-refractivity contribution is 6.31. The Labute approximate surface area is 94.6 Å². The molecule has 0 saturated heterocycles. The number of nitrogens with two attached hydrogens (primary N) is 1.